The van der Waals surface area contributed by atoms with Crippen molar-refractivity contribution in [2.24, 2.45) is 5.92 Å². The number of nitrogen functional groups attached to an aromatic ring is 1. The Morgan fingerprint density at radius 1 is 1.38 bits per heavy atom. The Morgan fingerprint density at radius 3 is 3.00 bits per heavy atom. The van der Waals surface area contributed by atoms with E-state index < -0.39 is 0 Å². The summed E-state index contributed by atoms with van der Waals surface area (Å²) in [5.41, 5.74) is 7.90. The largest absolute Gasteiger partial charge is 0.383 e. The summed E-state index contributed by atoms with van der Waals surface area (Å²) >= 11 is 0. The van der Waals surface area contributed by atoms with Crippen LogP contribution in [0.1, 0.15) is 31.7 Å². The molecule has 0 radical (unpaired) electrons. The standard InChI is InChI=1S/C17H21N3O/c1-2-5-12-8-16(21)20(10-12)11-14-9-13-6-3-4-7-15(13)19-17(14)18/h3-4,6-7,9,12H,2,5,8,10-11H2,1H3,(H2,18,19). The second-order valence-corrected chi connectivity index (χ2v) is 5.86. The highest BCUT2D eigenvalue weighted by Crippen LogP contribution is 2.26. The Hall–Kier alpha value is -2.10. The van der Waals surface area contributed by atoms with Crippen molar-refractivity contribution in [1.82, 2.24) is 9.88 Å². The molecule has 4 heteroatoms. The molecule has 1 aromatic heterocycles. The minimum Gasteiger partial charge on any atom is -0.383 e. The molecule has 1 aliphatic rings. The molecule has 1 aliphatic heterocycles. The van der Waals surface area contributed by atoms with Crippen LogP contribution in [0.25, 0.3) is 10.9 Å². The van der Waals surface area contributed by atoms with Crippen molar-refractivity contribution >= 4 is 22.6 Å². The summed E-state index contributed by atoms with van der Waals surface area (Å²) in [7, 11) is 0. The zero-order valence-electron chi connectivity index (χ0n) is 12.4. The molecule has 1 saturated heterocycles. The fraction of sp³-hybridized carbons (Fsp3) is 0.412. The van der Waals surface area contributed by atoms with Gasteiger partial charge in [-0.25, -0.2) is 4.98 Å². The molecule has 0 aliphatic carbocycles. The number of amides is 1. The van der Waals surface area contributed by atoms with E-state index >= 15 is 0 Å². The molecule has 3 rings (SSSR count). The first-order chi connectivity index (χ1) is 10.2. The molecule has 1 amide bonds. The lowest BCUT2D eigenvalue weighted by atomic mass is 10.0. The van der Waals surface area contributed by atoms with Crippen molar-refractivity contribution in [1.29, 1.82) is 0 Å². The van der Waals surface area contributed by atoms with E-state index in [1.807, 2.05) is 29.2 Å². The van der Waals surface area contributed by atoms with Crippen LogP contribution in [-0.4, -0.2) is 22.3 Å². The Morgan fingerprint density at radius 2 is 2.19 bits per heavy atom. The minimum atomic E-state index is 0.237. The summed E-state index contributed by atoms with van der Waals surface area (Å²) in [6, 6.07) is 9.97. The number of hydrogen-bond acceptors (Lipinski definition) is 3. The Bertz CT molecular complexity index is 668. The van der Waals surface area contributed by atoms with E-state index in [0.717, 1.165) is 35.9 Å². The maximum atomic E-state index is 12.1. The number of pyridine rings is 1. The van der Waals surface area contributed by atoms with Crippen LogP contribution >= 0.6 is 0 Å². The van der Waals surface area contributed by atoms with E-state index in [4.69, 9.17) is 5.73 Å². The molecular weight excluding hydrogens is 262 g/mol. The monoisotopic (exact) mass is 283 g/mol. The number of fused-ring (bicyclic) bond motifs is 1. The maximum Gasteiger partial charge on any atom is 0.223 e. The highest BCUT2D eigenvalue weighted by atomic mass is 16.2. The lowest BCUT2D eigenvalue weighted by Gasteiger charge is -2.18. The van der Waals surface area contributed by atoms with Crippen LogP contribution in [0.5, 0.6) is 0 Å². The number of hydrogen-bond donors (Lipinski definition) is 1. The van der Waals surface area contributed by atoms with Crippen LogP contribution in [0.3, 0.4) is 0 Å². The molecule has 0 spiro atoms. The minimum absolute atomic E-state index is 0.237. The van der Waals surface area contributed by atoms with Crippen LogP contribution < -0.4 is 5.73 Å². The SMILES string of the molecule is CCCC1CC(=O)N(Cc2cc3ccccc3nc2N)C1. The van der Waals surface area contributed by atoms with Gasteiger partial charge in [-0.2, -0.15) is 0 Å². The number of aromatic nitrogens is 1. The van der Waals surface area contributed by atoms with E-state index in [2.05, 4.69) is 18.0 Å². The van der Waals surface area contributed by atoms with Gasteiger partial charge >= 0.3 is 0 Å². The van der Waals surface area contributed by atoms with Gasteiger partial charge in [0.15, 0.2) is 0 Å². The maximum absolute atomic E-state index is 12.1. The summed E-state index contributed by atoms with van der Waals surface area (Å²) in [5.74, 6) is 1.26. The summed E-state index contributed by atoms with van der Waals surface area (Å²) in [6.07, 6.45) is 2.92. The van der Waals surface area contributed by atoms with Crippen LogP contribution in [0.4, 0.5) is 5.82 Å². The van der Waals surface area contributed by atoms with Gasteiger partial charge in [0.25, 0.3) is 0 Å². The van der Waals surface area contributed by atoms with E-state index in [-0.39, 0.29) is 5.91 Å². The molecule has 4 nitrogen and oxygen atoms in total. The fourth-order valence-electron chi connectivity index (χ4n) is 3.12. The van der Waals surface area contributed by atoms with Gasteiger partial charge in [-0.15, -0.1) is 0 Å². The molecule has 2 N–H and O–H groups in total. The summed E-state index contributed by atoms with van der Waals surface area (Å²) in [4.78, 5) is 18.5. The predicted molar refractivity (Wildman–Crippen MR) is 84.6 cm³/mol. The number of likely N-dealkylation sites (tertiary alicyclic amines) is 1. The molecule has 1 aromatic carbocycles. The molecule has 2 aromatic rings. The van der Waals surface area contributed by atoms with Crippen LogP contribution in [0.2, 0.25) is 0 Å². The second-order valence-electron chi connectivity index (χ2n) is 5.86. The first-order valence-corrected chi connectivity index (χ1v) is 7.59. The Kier molecular flexibility index (Phi) is 3.78. The van der Waals surface area contributed by atoms with Gasteiger partial charge in [0.1, 0.15) is 5.82 Å². The Labute approximate surface area is 125 Å². The van der Waals surface area contributed by atoms with Crippen molar-refractivity contribution in [3.63, 3.8) is 0 Å². The van der Waals surface area contributed by atoms with Crippen LogP contribution in [0.15, 0.2) is 30.3 Å². The molecule has 0 bridgehead atoms. The van der Waals surface area contributed by atoms with Gasteiger partial charge < -0.3 is 10.6 Å². The van der Waals surface area contributed by atoms with Crippen LogP contribution in [-0.2, 0) is 11.3 Å². The zero-order valence-corrected chi connectivity index (χ0v) is 12.4. The number of benzene rings is 1. The van der Waals surface area contributed by atoms with Gasteiger partial charge in [0.2, 0.25) is 5.91 Å². The second kappa shape index (κ2) is 5.72. The topological polar surface area (TPSA) is 59.2 Å². The summed E-state index contributed by atoms with van der Waals surface area (Å²) in [6.45, 7) is 3.58. The smallest absolute Gasteiger partial charge is 0.223 e. The van der Waals surface area contributed by atoms with E-state index in [0.29, 0.717) is 24.7 Å². The summed E-state index contributed by atoms with van der Waals surface area (Å²) < 4.78 is 0. The Balaban J connectivity index is 1.81. The van der Waals surface area contributed by atoms with Crippen molar-refractivity contribution in [3.8, 4) is 0 Å². The first-order valence-electron chi connectivity index (χ1n) is 7.59. The average molecular weight is 283 g/mol. The normalized spacial score (nSPS) is 18.6. The van der Waals surface area contributed by atoms with Gasteiger partial charge in [-0.05, 0) is 24.5 Å². The van der Waals surface area contributed by atoms with E-state index in [9.17, 15) is 4.79 Å². The molecule has 110 valence electrons. The molecule has 1 fully saturated rings. The summed E-state index contributed by atoms with van der Waals surface area (Å²) in [5, 5.41) is 1.07. The lowest BCUT2D eigenvalue weighted by molar-refractivity contribution is -0.128. The van der Waals surface area contributed by atoms with Crippen LogP contribution in [0, 0.1) is 5.92 Å². The molecular formula is C17H21N3O. The highest BCUT2D eigenvalue weighted by molar-refractivity contribution is 5.82. The van der Waals surface area contributed by atoms with Crippen molar-refractivity contribution in [2.75, 3.05) is 12.3 Å². The predicted octanol–water partition coefficient (Wildman–Crippen LogP) is 2.97. The quantitative estimate of drug-likeness (QED) is 0.938. The fourth-order valence-corrected chi connectivity index (χ4v) is 3.12. The number of nitrogens with zero attached hydrogens (tertiary/aromatic N) is 2. The number of carbonyl (C=O) groups is 1. The third-order valence-electron chi connectivity index (χ3n) is 4.19. The van der Waals surface area contributed by atoms with Crippen molar-refractivity contribution in [2.45, 2.75) is 32.7 Å². The number of para-hydroxylation sites is 1. The highest BCUT2D eigenvalue weighted by Gasteiger charge is 2.29. The third kappa shape index (κ3) is 2.84. The number of anilines is 1. The molecule has 1 unspecified atom stereocenters. The van der Waals surface area contributed by atoms with Crippen molar-refractivity contribution in [3.05, 3.63) is 35.9 Å². The van der Waals surface area contributed by atoms with E-state index in [1.165, 1.54) is 0 Å². The van der Waals surface area contributed by atoms with Gasteiger partial charge in [-0.3, -0.25) is 4.79 Å². The lowest BCUT2D eigenvalue weighted by Crippen LogP contribution is -2.25. The van der Waals surface area contributed by atoms with Gasteiger partial charge in [0, 0.05) is 30.5 Å². The third-order valence-corrected chi connectivity index (χ3v) is 4.19. The number of rotatable bonds is 4. The first kappa shape index (κ1) is 13.9. The zero-order chi connectivity index (χ0) is 14.8. The van der Waals surface area contributed by atoms with Gasteiger partial charge in [0.05, 0.1) is 5.52 Å². The van der Waals surface area contributed by atoms with E-state index in [1.54, 1.807) is 0 Å². The number of carbonyl (C=O) groups excluding carboxylic acids is 1. The van der Waals surface area contributed by atoms with Crippen molar-refractivity contribution < 1.29 is 4.79 Å². The molecule has 2 heterocycles. The molecule has 21 heavy (non-hydrogen) atoms. The molecule has 1 atom stereocenters. The molecule has 0 saturated carbocycles. The van der Waals surface area contributed by atoms with Gasteiger partial charge in [-0.1, -0.05) is 31.5 Å². The average Bonchev–Trinajstić information content (AvgIpc) is 2.80. The number of nitrogens with two attached hydrogens (primary N) is 1.